The Labute approximate surface area is 188 Å². The van der Waals surface area contributed by atoms with Gasteiger partial charge in [-0.1, -0.05) is 0 Å². The van der Waals surface area contributed by atoms with Crippen molar-refractivity contribution >= 4 is 13.6 Å². The summed E-state index contributed by atoms with van der Waals surface area (Å²) < 4.78 is 3.56. The average Bonchev–Trinajstić information content (AvgIpc) is 3.26. The number of hydrogen-bond donors (Lipinski definition) is 0. The third-order valence-corrected chi connectivity index (χ3v) is 13.8. The molecule has 0 nitrogen and oxygen atoms in total. The summed E-state index contributed by atoms with van der Waals surface area (Å²) in [6.07, 6.45) is 2.55. The number of hydrogen-bond acceptors (Lipinski definition) is 0. The van der Waals surface area contributed by atoms with Gasteiger partial charge in [0, 0.05) is 0 Å². The van der Waals surface area contributed by atoms with Gasteiger partial charge >= 0.3 is 165 Å². The van der Waals surface area contributed by atoms with E-state index in [9.17, 15) is 0 Å². The van der Waals surface area contributed by atoms with Gasteiger partial charge in [-0.15, -0.1) is 0 Å². The van der Waals surface area contributed by atoms with E-state index in [0.29, 0.717) is 5.66 Å². The molecule has 4 rings (SSSR count). The molecule has 0 N–H and O–H groups in total. The van der Waals surface area contributed by atoms with Crippen molar-refractivity contribution in [3.05, 3.63) is 82.4 Å². The smallest absolute Gasteiger partial charge is 1.00 e. The van der Waals surface area contributed by atoms with Crippen molar-refractivity contribution in [2.24, 2.45) is 5.41 Å². The van der Waals surface area contributed by atoms with Gasteiger partial charge in [-0.2, -0.15) is 0 Å². The van der Waals surface area contributed by atoms with E-state index in [1.165, 1.54) is 5.56 Å². The molecule has 0 aliphatic heterocycles. The Balaban J connectivity index is 0.00000131. The minimum absolute atomic E-state index is 0. The maximum Gasteiger partial charge on any atom is -1.00 e. The first kappa shape index (κ1) is 23.0. The third kappa shape index (κ3) is 3.79. The predicted octanol–water partition coefficient (Wildman–Crippen LogP) is 1.36. The van der Waals surface area contributed by atoms with E-state index in [0.717, 1.165) is 0 Å². The fourth-order valence-electron chi connectivity index (χ4n) is 4.24. The van der Waals surface area contributed by atoms with Crippen LogP contribution in [0.15, 0.2) is 71.3 Å². The van der Waals surface area contributed by atoms with Crippen LogP contribution in [-0.4, -0.2) is 0 Å². The number of benzene rings is 1. The van der Waals surface area contributed by atoms with Gasteiger partial charge in [0.15, 0.2) is 0 Å². The zero-order valence-electron chi connectivity index (χ0n) is 16.5. The second kappa shape index (κ2) is 8.59. The molecule has 4 heteroatoms. The molecule has 2 aromatic rings. The van der Waals surface area contributed by atoms with Crippen LogP contribution in [0.2, 0.25) is 0 Å². The fraction of sp³-hybridized carbons (Fsp3) is 0.304. The molecule has 1 heterocycles. The number of halogens is 2. The molecule has 27 heavy (non-hydrogen) atoms. The molecule has 1 aromatic heterocycles. The van der Waals surface area contributed by atoms with Crippen molar-refractivity contribution in [2.45, 2.75) is 40.3 Å². The van der Waals surface area contributed by atoms with E-state index >= 15 is 0 Å². The Bertz CT molecular complexity index is 933. The minimum Gasteiger partial charge on any atom is -1.00 e. The van der Waals surface area contributed by atoms with Crippen LogP contribution in [0.5, 0.6) is 0 Å². The molecule has 0 saturated heterocycles. The van der Waals surface area contributed by atoms with E-state index in [1.807, 2.05) is 0 Å². The van der Waals surface area contributed by atoms with Crippen LogP contribution in [0.1, 0.15) is 51.4 Å². The summed E-state index contributed by atoms with van der Waals surface area (Å²) in [5, 5.41) is 0. The molecule has 140 valence electrons. The maximum atomic E-state index is 2.55. The Hall–Kier alpha value is -0.317. The Kier molecular flexibility index (Phi) is 7.31. The number of allylic oxidation sites excluding steroid dienone is 5. The first-order chi connectivity index (χ1) is 11.9. The van der Waals surface area contributed by atoms with Crippen LogP contribution in [-0.2, 0) is 23.2 Å². The molecule has 2 aliphatic rings. The Morgan fingerprint density at radius 3 is 2.11 bits per heavy atom. The molecule has 1 aromatic carbocycles. The van der Waals surface area contributed by atoms with Crippen LogP contribution >= 0.6 is 7.53 Å². The molecule has 0 bridgehead atoms. The fourth-order valence-corrected chi connectivity index (χ4v) is 11.9. The van der Waals surface area contributed by atoms with E-state index in [4.69, 9.17) is 0 Å². The third-order valence-electron chi connectivity index (χ3n) is 6.15. The molecular formula is C23H25Cl2PZr. The summed E-state index contributed by atoms with van der Waals surface area (Å²) >= 11 is -0.796. The first-order valence-electron chi connectivity index (χ1n) is 9.01. The summed E-state index contributed by atoms with van der Waals surface area (Å²) in [6, 6.07) is 13.6. The van der Waals surface area contributed by atoms with Crippen molar-refractivity contribution in [3.63, 3.8) is 0 Å². The quantitative estimate of drug-likeness (QED) is 0.605. The van der Waals surface area contributed by atoms with Gasteiger partial charge in [-0.25, -0.2) is 0 Å². The van der Waals surface area contributed by atoms with Crippen LogP contribution in [0.4, 0.5) is 0 Å². The van der Waals surface area contributed by atoms with E-state index < -0.39 is 23.2 Å². The normalized spacial score (nSPS) is 19.9. The molecule has 0 fully saturated rings. The van der Waals surface area contributed by atoms with Gasteiger partial charge in [0.2, 0.25) is 0 Å². The monoisotopic (exact) mass is 492 g/mol. The molecule has 1 unspecified atom stereocenters. The van der Waals surface area contributed by atoms with E-state index in [-0.39, 0.29) is 37.8 Å². The first-order valence-corrected chi connectivity index (χ1v) is 13.0. The second-order valence-corrected chi connectivity index (χ2v) is 13.0. The van der Waals surface area contributed by atoms with Gasteiger partial charge in [0.05, 0.1) is 0 Å². The summed E-state index contributed by atoms with van der Waals surface area (Å²) in [5.74, 6) is 4.90. The summed E-state index contributed by atoms with van der Waals surface area (Å²) in [4.78, 5) is 0. The van der Waals surface area contributed by atoms with E-state index in [1.54, 1.807) is 28.8 Å². The Morgan fingerprint density at radius 1 is 0.889 bits per heavy atom. The van der Waals surface area contributed by atoms with Crippen molar-refractivity contribution in [1.29, 1.82) is 0 Å². The topological polar surface area (TPSA) is 0 Å². The van der Waals surface area contributed by atoms with Gasteiger partial charge < -0.3 is 24.8 Å². The standard InChI is InChI=1S/C13H10P.C10H15.2ClH.Zr/c1-2-6-12-11(5-1)7-8-13(12)14-9-3-4-10-14;1-7-6-10(4,5)9(3)8(7)2;;;/h1-7,9-10,13H;1-5H3;2*1H;/q;;;;+2/p-2. The zero-order chi connectivity index (χ0) is 17.8. The SMILES string of the molecule is CC1=C(C)C(C)(C)[C]([Zr+2][C]2=Cc3ccccc3C2p2cccc2)=C1C.[Cl-].[Cl-]. The zero-order valence-corrected chi connectivity index (χ0v) is 21.3. The van der Waals surface area contributed by atoms with Gasteiger partial charge in [0.1, 0.15) is 0 Å². The predicted molar refractivity (Wildman–Crippen MR) is 107 cm³/mol. The molecule has 0 spiro atoms. The minimum atomic E-state index is -0.796. The average molecular weight is 495 g/mol. The largest absolute Gasteiger partial charge is 1.00 e. The van der Waals surface area contributed by atoms with Crippen molar-refractivity contribution in [1.82, 2.24) is 0 Å². The molecule has 0 saturated carbocycles. The Morgan fingerprint density at radius 2 is 1.52 bits per heavy atom. The molecule has 0 radical (unpaired) electrons. The van der Waals surface area contributed by atoms with Crippen molar-refractivity contribution in [3.8, 4) is 0 Å². The van der Waals surface area contributed by atoms with Gasteiger partial charge in [-0.05, 0) is 0 Å². The van der Waals surface area contributed by atoms with Gasteiger partial charge in [-0.3, -0.25) is 0 Å². The van der Waals surface area contributed by atoms with Crippen LogP contribution < -0.4 is 24.8 Å². The summed E-state index contributed by atoms with van der Waals surface area (Å²) in [7, 11) is -0.183. The summed E-state index contributed by atoms with van der Waals surface area (Å²) in [5.41, 5.74) is 8.64. The molecule has 2 aliphatic carbocycles. The number of rotatable bonds is 3. The van der Waals surface area contributed by atoms with Crippen LogP contribution in [0, 0.1) is 5.41 Å². The van der Waals surface area contributed by atoms with E-state index in [2.05, 4.69) is 88.7 Å². The maximum absolute atomic E-state index is 2.55. The molecule has 1 atom stereocenters. The number of fused-ring (bicyclic) bond motifs is 1. The van der Waals surface area contributed by atoms with Crippen LogP contribution in [0.3, 0.4) is 0 Å². The van der Waals surface area contributed by atoms with Gasteiger partial charge in [0.25, 0.3) is 0 Å². The van der Waals surface area contributed by atoms with Crippen LogP contribution in [0.25, 0.3) is 6.08 Å². The van der Waals surface area contributed by atoms with Crippen molar-refractivity contribution < 1.29 is 48.0 Å². The van der Waals surface area contributed by atoms with Crippen molar-refractivity contribution in [2.75, 3.05) is 0 Å². The summed E-state index contributed by atoms with van der Waals surface area (Å²) in [6.45, 7) is 11.9. The molecular weight excluding hydrogens is 469 g/mol. The second-order valence-electron chi connectivity index (χ2n) is 7.76. The molecule has 0 amide bonds.